The Kier molecular flexibility index (Phi) is 12.9. The first kappa shape index (κ1) is 28.6. The SMILES string of the molecule is C=C/C=C(\C=C)SNc1cc(/C=C\c2cc(OC)c(OC)c(OC)c2)cc(OC)c1OC.CC. The summed E-state index contributed by atoms with van der Waals surface area (Å²) in [5.41, 5.74) is 2.56. The van der Waals surface area contributed by atoms with E-state index in [-0.39, 0.29) is 0 Å². The molecule has 7 heteroatoms. The van der Waals surface area contributed by atoms with E-state index in [1.54, 1.807) is 47.7 Å². The Balaban J connectivity index is 0.00000281. The topological polar surface area (TPSA) is 58.2 Å². The van der Waals surface area contributed by atoms with Crippen molar-refractivity contribution >= 4 is 29.8 Å². The van der Waals surface area contributed by atoms with E-state index >= 15 is 0 Å². The summed E-state index contributed by atoms with van der Waals surface area (Å²) in [4.78, 5) is 0.916. The van der Waals surface area contributed by atoms with Gasteiger partial charge in [0, 0.05) is 4.91 Å². The predicted octanol–water partition coefficient (Wildman–Crippen LogP) is 7.24. The molecule has 0 fully saturated rings. The van der Waals surface area contributed by atoms with Crippen LogP contribution < -0.4 is 28.4 Å². The van der Waals surface area contributed by atoms with Crippen molar-refractivity contribution in [1.29, 1.82) is 0 Å². The van der Waals surface area contributed by atoms with Crippen LogP contribution in [0, 0.1) is 0 Å². The Morgan fingerprint density at radius 3 is 1.62 bits per heavy atom. The second-order valence-electron chi connectivity index (χ2n) is 6.31. The highest BCUT2D eigenvalue weighted by molar-refractivity contribution is 8.04. The van der Waals surface area contributed by atoms with Gasteiger partial charge in [0.2, 0.25) is 5.75 Å². The van der Waals surface area contributed by atoms with Gasteiger partial charge in [-0.3, -0.25) is 0 Å². The van der Waals surface area contributed by atoms with Crippen LogP contribution in [0.3, 0.4) is 0 Å². The van der Waals surface area contributed by atoms with E-state index in [2.05, 4.69) is 17.9 Å². The largest absolute Gasteiger partial charge is 0.493 e. The molecule has 0 bridgehead atoms. The third-order valence-corrected chi connectivity index (χ3v) is 5.28. The molecule has 2 aromatic carbocycles. The lowest BCUT2D eigenvalue weighted by molar-refractivity contribution is 0.324. The van der Waals surface area contributed by atoms with Gasteiger partial charge in [0.25, 0.3) is 0 Å². The van der Waals surface area contributed by atoms with Crippen molar-refractivity contribution in [3.8, 4) is 28.7 Å². The normalized spacial score (nSPS) is 10.6. The fraction of sp³-hybridized carbons (Fsp3) is 0.259. The number of anilines is 1. The zero-order chi connectivity index (χ0) is 25.5. The fourth-order valence-corrected chi connectivity index (χ4v) is 3.55. The molecule has 0 unspecified atom stereocenters. The zero-order valence-corrected chi connectivity index (χ0v) is 21.9. The van der Waals surface area contributed by atoms with Gasteiger partial charge in [-0.25, -0.2) is 0 Å². The number of allylic oxidation sites excluding steroid dienone is 3. The summed E-state index contributed by atoms with van der Waals surface area (Å²) in [5, 5.41) is 0. The van der Waals surface area contributed by atoms with Crippen molar-refractivity contribution in [2.45, 2.75) is 13.8 Å². The Morgan fingerprint density at radius 1 is 0.735 bits per heavy atom. The third kappa shape index (κ3) is 7.56. The minimum atomic E-state index is 0.548. The summed E-state index contributed by atoms with van der Waals surface area (Å²) in [7, 11) is 7.97. The van der Waals surface area contributed by atoms with Gasteiger partial charge in [0.1, 0.15) is 0 Å². The number of methoxy groups -OCH3 is 5. The summed E-state index contributed by atoms with van der Waals surface area (Å²) in [6, 6.07) is 7.63. The molecule has 0 aliphatic carbocycles. The first-order valence-corrected chi connectivity index (χ1v) is 11.5. The van der Waals surface area contributed by atoms with Gasteiger partial charge in [0.05, 0.1) is 41.2 Å². The van der Waals surface area contributed by atoms with Gasteiger partial charge in [-0.1, -0.05) is 51.3 Å². The Hall–Kier alpha value is -3.45. The number of hydrogen-bond donors (Lipinski definition) is 1. The van der Waals surface area contributed by atoms with E-state index < -0.39 is 0 Å². The molecular weight excluding hydrogens is 450 g/mol. The van der Waals surface area contributed by atoms with Crippen LogP contribution in [0.25, 0.3) is 12.2 Å². The quantitative estimate of drug-likeness (QED) is 0.193. The maximum Gasteiger partial charge on any atom is 0.203 e. The Morgan fingerprint density at radius 2 is 1.21 bits per heavy atom. The van der Waals surface area contributed by atoms with Gasteiger partial charge in [-0.15, -0.1) is 0 Å². The summed E-state index contributed by atoms with van der Waals surface area (Å²) >= 11 is 1.40. The smallest absolute Gasteiger partial charge is 0.203 e. The van der Waals surface area contributed by atoms with Crippen LogP contribution in [-0.4, -0.2) is 35.5 Å². The number of hydrogen-bond acceptors (Lipinski definition) is 7. The predicted molar refractivity (Wildman–Crippen MR) is 146 cm³/mol. The minimum absolute atomic E-state index is 0.548. The summed E-state index contributed by atoms with van der Waals surface area (Å²) in [5.74, 6) is 2.93. The monoisotopic (exact) mass is 485 g/mol. The summed E-state index contributed by atoms with van der Waals surface area (Å²) in [6.07, 6.45) is 9.24. The number of ether oxygens (including phenoxy) is 5. The van der Waals surface area contributed by atoms with Crippen molar-refractivity contribution in [3.05, 3.63) is 71.7 Å². The molecule has 2 aromatic rings. The van der Waals surface area contributed by atoms with E-state index in [1.807, 2.05) is 56.3 Å². The molecule has 34 heavy (non-hydrogen) atoms. The molecule has 6 nitrogen and oxygen atoms in total. The second kappa shape index (κ2) is 15.4. The van der Waals surface area contributed by atoms with Crippen LogP contribution in [0.4, 0.5) is 5.69 Å². The third-order valence-electron chi connectivity index (χ3n) is 4.42. The van der Waals surface area contributed by atoms with Crippen LogP contribution in [0.1, 0.15) is 25.0 Å². The highest BCUT2D eigenvalue weighted by atomic mass is 32.2. The highest BCUT2D eigenvalue weighted by Gasteiger charge is 2.14. The van der Waals surface area contributed by atoms with Crippen LogP contribution >= 0.6 is 11.9 Å². The standard InChI is InChI=1S/C25H29NO5S.C2H6/c1-8-10-19(9-2)32-26-20-13-17(14-21(27-3)24(20)30-6)11-12-18-15-22(28-4)25(31-7)23(16-18)29-5;1-2/h8-16,26H,1-2H2,3-7H3;1-2H3/b12-11-,19-10+;. The minimum Gasteiger partial charge on any atom is -0.493 e. The van der Waals surface area contributed by atoms with Gasteiger partial charge in [-0.05, 0) is 53.4 Å². The average molecular weight is 486 g/mol. The molecule has 0 amide bonds. The lowest BCUT2D eigenvalue weighted by atomic mass is 10.1. The molecule has 0 heterocycles. The fourth-order valence-electron chi connectivity index (χ4n) is 2.92. The van der Waals surface area contributed by atoms with Crippen molar-refractivity contribution in [2.24, 2.45) is 0 Å². The van der Waals surface area contributed by atoms with Crippen molar-refractivity contribution in [1.82, 2.24) is 0 Å². The maximum atomic E-state index is 5.56. The van der Waals surface area contributed by atoms with E-state index in [4.69, 9.17) is 23.7 Å². The maximum absolute atomic E-state index is 5.56. The van der Waals surface area contributed by atoms with Crippen LogP contribution in [-0.2, 0) is 0 Å². The van der Waals surface area contributed by atoms with E-state index in [0.717, 1.165) is 21.7 Å². The molecule has 184 valence electrons. The molecule has 0 spiro atoms. The highest BCUT2D eigenvalue weighted by Crippen LogP contribution is 2.40. The molecule has 0 aromatic heterocycles. The van der Waals surface area contributed by atoms with E-state index in [0.29, 0.717) is 28.7 Å². The summed E-state index contributed by atoms with van der Waals surface area (Å²) in [6.45, 7) is 11.5. The Bertz CT molecular complexity index is 989. The van der Waals surface area contributed by atoms with Gasteiger partial charge >= 0.3 is 0 Å². The number of benzene rings is 2. The van der Waals surface area contributed by atoms with Crippen LogP contribution in [0.2, 0.25) is 0 Å². The molecule has 0 atom stereocenters. The lowest BCUT2D eigenvalue weighted by Crippen LogP contribution is -1.97. The lowest BCUT2D eigenvalue weighted by Gasteiger charge is -2.15. The molecule has 0 radical (unpaired) electrons. The number of nitrogens with one attached hydrogen (secondary N) is 1. The Labute approximate surface area is 208 Å². The van der Waals surface area contributed by atoms with Crippen molar-refractivity contribution < 1.29 is 23.7 Å². The van der Waals surface area contributed by atoms with E-state index in [1.165, 1.54) is 11.9 Å². The van der Waals surface area contributed by atoms with Gasteiger partial charge < -0.3 is 28.4 Å². The van der Waals surface area contributed by atoms with Crippen molar-refractivity contribution in [3.63, 3.8) is 0 Å². The summed E-state index contributed by atoms with van der Waals surface area (Å²) < 4.78 is 30.7. The first-order chi connectivity index (χ1) is 16.5. The molecule has 0 saturated heterocycles. The van der Waals surface area contributed by atoms with Gasteiger partial charge in [0.15, 0.2) is 23.0 Å². The molecular formula is C27H35NO5S. The van der Waals surface area contributed by atoms with Crippen LogP contribution in [0.5, 0.6) is 28.7 Å². The van der Waals surface area contributed by atoms with E-state index in [9.17, 15) is 0 Å². The molecule has 2 rings (SSSR count). The molecule has 0 aliphatic heterocycles. The van der Waals surface area contributed by atoms with Crippen LogP contribution in [0.15, 0.2) is 60.6 Å². The first-order valence-electron chi connectivity index (χ1n) is 10.7. The molecule has 1 N–H and O–H groups in total. The van der Waals surface area contributed by atoms with Gasteiger partial charge in [-0.2, -0.15) is 0 Å². The zero-order valence-electron chi connectivity index (χ0n) is 21.1. The second-order valence-corrected chi connectivity index (χ2v) is 7.19. The molecule has 0 aliphatic rings. The number of rotatable bonds is 12. The van der Waals surface area contributed by atoms with Crippen molar-refractivity contribution in [2.75, 3.05) is 40.3 Å². The average Bonchev–Trinajstić information content (AvgIpc) is 2.89. The molecule has 0 saturated carbocycles.